The van der Waals surface area contributed by atoms with Crippen molar-refractivity contribution in [3.05, 3.63) is 35.5 Å². The van der Waals surface area contributed by atoms with Crippen LogP contribution < -0.4 is 0 Å². The van der Waals surface area contributed by atoms with Crippen LogP contribution in [0.1, 0.15) is 52.4 Å². The SMILES string of the molecule is C[C@]12C=CC(=O)C=C1CC[C@@H]1[C@@H]2C(=O)C[C@]2(C)/C(=C/CC(=O)O)CC[C@@H]12. The zero-order chi connectivity index (χ0) is 18.7. The van der Waals surface area contributed by atoms with Gasteiger partial charge in [-0.1, -0.05) is 37.1 Å². The molecule has 0 amide bonds. The lowest BCUT2D eigenvalue weighted by molar-refractivity contribution is -0.139. The van der Waals surface area contributed by atoms with E-state index in [-0.39, 0.29) is 34.7 Å². The zero-order valence-electron chi connectivity index (χ0n) is 15.5. The molecule has 0 radical (unpaired) electrons. The van der Waals surface area contributed by atoms with Crippen LogP contribution in [0.3, 0.4) is 0 Å². The summed E-state index contributed by atoms with van der Waals surface area (Å²) in [6.45, 7) is 4.29. The smallest absolute Gasteiger partial charge is 0.307 e. The molecule has 0 saturated heterocycles. The van der Waals surface area contributed by atoms with Gasteiger partial charge in [0.05, 0.1) is 6.42 Å². The highest BCUT2D eigenvalue weighted by molar-refractivity contribution is 6.01. The summed E-state index contributed by atoms with van der Waals surface area (Å²) in [5.74, 6) is 0.185. The first kappa shape index (κ1) is 17.4. The van der Waals surface area contributed by atoms with E-state index in [2.05, 4.69) is 13.8 Å². The van der Waals surface area contributed by atoms with Crippen LogP contribution in [0.15, 0.2) is 35.5 Å². The molecule has 4 aliphatic rings. The third-order valence-corrected chi connectivity index (χ3v) is 7.63. The second-order valence-corrected chi connectivity index (χ2v) is 8.90. The van der Waals surface area contributed by atoms with Crippen molar-refractivity contribution in [2.75, 3.05) is 0 Å². The first-order valence-corrected chi connectivity index (χ1v) is 9.64. The van der Waals surface area contributed by atoms with Crippen molar-refractivity contribution < 1.29 is 19.5 Å². The number of Topliss-reactive ketones (excluding diaryl/α,β-unsaturated/α-hetero) is 1. The number of hydrogen-bond acceptors (Lipinski definition) is 3. The van der Waals surface area contributed by atoms with Gasteiger partial charge < -0.3 is 5.11 Å². The number of ketones is 2. The van der Waals surface area contributed by atoms with E-state index in [0.29, 0.717) is 18.3 Å². The Morgan fingerprint density at radius 3 is 2.77 bits per heavy atom. The van der Waals surface area contributed by atoms with E-state index in [1.54, 1.807) is 12.2 Å². The van der Waals surface area contributed by atoms with Gasteiger partial charge >= 0.3 is 5.97 Å². The van der Waals surface area contributed by atoms with Crippen molar-refractivity contribution in [2.45, 2.75) is 52.4 Å². The van der Waals surface area contributed by atoms with Crippen LogP contribution in [0.5, 0.6) is 0 Å². The molecule has 0 heterocycles. The molecule has 0 aromatic heterocycles. The number of carbonyl (C=O) groups is 3. The molecule has 138 valence electrons. The molecule has 1 N–H and O–H groups in total. The van der Waals surface area contributed by atoms with E-state index < -0.39 is 5.97 Å². The molecular formula is C22H26O4. The van der Waals surface area contributed by atoms with Gasteiger partial charge in [0.1, 0.15) is 5.78 Å². The first-order chi connectivity index (χ1) is 12.3. The maximum absolute atomic E-state index is 13.3. The number of hydrogen-bond donors (Lipinski definition) is 1. The number of carboxylic acids is 1. The van der Waals surface area contributed by atoms with Crippen LogP contribution >= 0.6 is 0 Å². The summed E-state index contributed by atoms with van der Waals surface area (Å²) in [4.78, 5) is 36.1. The van der Waals surface area contributed by atoms with E-state index in [4.69, 9.17) is 5.11 Å². The number of carbonyl (C=O) groups excluding carboxylic acids is 2. The maximum atomic E-state index is 13.3. The minimum absolute atomic E-state index is 0.0313. The number of allylic oxidation sites excluding steroid dienone is 5. The van der Waals surface area contributed by atoms with Gasteiger partial charge in [-0.3, -0.25) is 14.4 Å². The highest BCUT2D eigenvalue weighted by atomic mass is 16.4. The topological polar surface area (TPSA) is 71.4 Å². The standard InChI is InChI=1S/C22H26O4/c1-21-10-9-15(23)11-14(21)3-6-16-17-7-4-13(5-8-19(25)26)22(17,2)12-18(24)20(16)21/h5,9-11,16-17,20H,3-4,6-8,12H2,1-2H3,(H,25,26)/b13-5+/t16-,17-,20+,21-,22+/m0/s1. The molecule has 26 heavy (non-hydrogen) atoms. The summed E-state index contributed by atoms with van der Waals surface area (Å²) in [5, 5.41) is 9.03. The molecule has 4 nitrogen and oxygen atoms in total. The number of fused-ring (bicyclic) bond motifs is 5. The zero-order valence-corrected chi connectivity index (χ0v) is 15.5. The third kappa shape index (κ3) is 2.38. The van der Waals surface area contributed by atoms with Crippen LogP contribution in [0.25, 0.3) is 0 Å². The monoisotopic (exact) mass is 354 g/mol. The average molecular weight is 354 g/mol. The van der Waals surface area contributed by atoms with Crippen LogP contribution in [0, 0.1) is 28.6 Å². The molecule has 4 aliphatic carbocycles. The van der Waals surface area contributed by atoms with Gasteiger partial charge in [0.2, 0.25) is 0 Å². The normalized spacial score (nSPS) is 42.9. The summed E-state index contributed by atoms with van der Waals surface area (Å²) in [6.07, 6.45) is 11.5. The van der Waals surface area contributed by atoms with Crippen molar-refractivity contribution in [2.24, 2.45) is 28.6 Å². The van der Waals surface area contributed by atoms with Gasteiger partial charge in [0.25, 0.3) is 0 Å². The lowest BCUT2D eigenvalue weighted by Gasteiger charge is -2.55. The van der Waals surface area contributed by atoms with Crippen LogP contribution in [0.2, 0.25) is 0 Å². The number of aliphatic carboxylic acids is 1. The summed E-state index contributed by atoms with van der Waals surface area (Å²) >= 11 is 0. The van der Waals surface area contributed by atoms with Gasteiger partial charge in [0, 0.05) is 17.8 Å². The summed E-state index contributed by atoms with van der Waals surface area (Å²) in [7, 11) is 0. The van der Waals surface area contributed by atoms with Crippen molar-refractivity contribution in [3.8, 4) is 0 Å². The molecule has 5 atom stereocenters. The van der Waals surface area contributed by atoms with Gasteiger partial charge in [-0.15, -0.1) is 0 Å². The second kappa shape index (κ2) is 5.77. The fraction of sp³-hybridized carbons (Fsp3) is 0.591. The summed E-state index contributed by atoms with van der Waals surface area (Å²) < 4.78 is 0. The lowest BCUT2D eigenvalue weighted by Crippen LogP contribution is -2.53. The van der Waals surface area contributed by atoms with Gasteiger partial charge in [-0.25, -0.2) is 0 Å². The Kier molecular flexibility index (Phi) is 3.87. The average Bonchev–Trinajstić information content (AvgIpc) is 2.89. The molecule has 0 aromatic carbocycles. The second-order valence-electron chi connectivity index (χ2n) is 8.90. The summed E-state index contributed by atoms with van der Waals surface area (Å²) in [5.41, 5.74) is 1.75. The first-order valence-electron chi connectivity index (χ1n) is 9.64. The molecule has 0 spiro atoms. The minimum atomic E-state index is -0.818. The van der Waals surface area contributed by atoms with Gasteiger partial charge in [-0.05, 0) is 55.1 Å². The molecule has 0 unspecified atom stereocenters. The van der Waals surface area contributed by atoms with E-state index in [1.165, 1.54) is 0 Å². The van der Waals surface area contributed by atoms with E-state index in [9.17, 15) is 14.4 Å². The molecule has 0 aliphatic heterocycles. The molecule has 0 bridgehead atoms. The van der Waals surface area contributed by atoms with Crippen LogP contribution in [0.4, 0.5) is 0 Å². The van der Waals surface area contributed by atoms with E-state index in [1.807, 2.05) is 12.2 Å². The Labute approximate surface area is 154 Å². The Morgan fingerprint density at radius 1 is 1.27 bits per heavy atom. The largest absolute Gasteiger partial charge is 0.481 e. The third-order valence-electron chi connectivity index (χ3n) is 7.63. The summed E-state index contributed by atoms with van der Waals surface area (Å²) in [6, 6.07) is 0. The van der Waals surface area contributed by atoms with Crippen LogP contribution in [-0.2, 0) is 14.4 Å². The Balaban J connectivity index is 1.70. The molecule has 3 saturated carbocycles. The quantitative estimate of drug-likeness (QED) is 0.764. The molecule has 4 heteroatoms. The Hall–Kier alpha value is -1.97. The number of carboxylic acid groups (broad SMARTS) is 1. The minimum Gasteiger partial charge on any atom is -0.481 e. The lowest BCUT2D eigenvalue weighted by atomic mass is 9.48. The predicted octanol–water partition coefficient (Wildman–Crippen LogP) is 3.87. The Bertz CT molecular complexity index is 786. The van der Waals surface area contributed by atoms with Crippen molar-refractivity contribution in [3.63, 3.8) is 0 Å². The van der Waals surface area contributed by atoms with E-state index >= 15 is 0 Å². The fourth-order valence-electron chi connectivity index (χ4n) is 6.42. The van der Waals surface area contributed by atoms with Crippen molar-refractivity contribution in [1.82, 2.24) is 0 Å². The van der Waals surface area contributed by atoms with E-state index in [0.717, 1.165) is 36.8 Å². The van der Waals surface area contributed by atoms with Gasteiger partial charge in [0.15, 0.2) is 5.78 Å². The predicted molar refractivity (Wildman–Crippen MR) is 97.3 cm³/mol. The highest BCUT2D eigenvalue weighted by Gasteiger charge is 2.60. The van der Waals surface area contributed by atoms with Gasteiger partial charge in [-0.2, -0.15) is 0 Å². The highest BCUT2D eigenvalue weighted by Crippen LogP contribution is 2.64. The molecule has 4 rings (SSSR count). The number of rotatable bonds is 2. The molecule has 0 aromatic rings. The fourth-order valence-corrected chi connectivity index (χ4v) is 6.42. The van der Waals surface area contributed by atoms with Crippen LogP contribution in [-0.4, -0.2) is 22.6 Å². The maximum Gasteiger partial charge on any atom is 0.307 e. The molecule has 3 fully saturated rings. The van der Waals surface area contributed by atoms with Crippen molar-refractivity contribution in [1.29, 1.82) is 0 Å². The molecular weight excluding hydrogens is 328 g/mol. The van der Waals surface area contributed by atoms with Crippen molar-refractivity contribution >= 4 is 17.5 Å². The Morgan fingerprint density at radius 2 is 2.04 bits per heavy atom.